The molecular weight excluding hydrogens is 764 g/mol. The summed E-state index contributed by atoms with van der Waals surface area (Å²) in [6.07, 6.45) is -9.71. The van der Waals surface area contributed by atoms with E-state index in [1.807, 2.05) is 0 Å². The van der Waals surface area contributed by atoms with Crippen LogP contribution in [-0.2, 0) is 12.4 Å². The molecule has 2 N–H and O–H groups in total. The van der Waals surface area contributed by atoms with Gasteiger partial charge in [0.2, 0.25) is 0 Å². The lowest BCUT2D eigenvalue weighted by atomic mass is 9.97. The van der Waals surface area contributed by atoms with Gasteiger partial charge in [0.1, 0.15) is 10.0 Å². The number of hydrogen-bond acceptors (Lipinski definition) is 7. The Labute approximate surface area is 287 Å². The van der Waals surface area contributed by atoms with Crippen LogP contribution in [0, 0.1) is 20.2 Å². The third-order valence-electron chi connectivity index (χ3n) is 6.62. The van der Waals surface area contributed by atoms with Crippen molar-refractivity contribution in [2.45, 2.75) is 12.4 Å². The van der Waals surface area contributed by atoms with E-state index in [1.165, 1.54) is 0 Å². The summed E-state index contributed by atoms with van der Waals surface area (Å²) in [5.41, 5.74) is -10.3. The van der Waals surface area contributed by atoms with Crippen LogP contribution in [0.25, 0.3) is 22.3 Å². The quantitative estimate of drug-likeness (QED) is 0.100. The average molecular weight is 774 g/mol. The number of benzene rings is 4. The Hall–Kier alpha value is -4.84. The molecule has 0 radical (unpaired) electrons. The van der Waals surface area contributed by atoms with Gasteiger partial charge in [-0.25, -0.2) is 9.59 Å². The second-order valence-electron chi connectivity index (χ2n) is 9.49. The highest BCUT2D eigenvalue weighted by atomic mass is 35.5. The molecule has 0 amide bonds. The molecule has 0 aromatic heterocycles. The van der Waals surface area contributed by atoms with E-state index in [9.17, 15) is 66.4 Å². The number of nitrogens with zero attached hydrogens (tertiary/aromatic N) is 2. The van der Waals surface area contributed by atoms with Crippen LogP contribution in [0.5, 0.6) is 11.5 Å². The molecule has 49 heavy (non-hydrogen) atoms. The van der Waals surface area contributed by atoms with Crippen LogP contribution in [0.4, 0.5) is 37.7 Å². The predicted molar refractivity (Wildman–Crippen MR) is 161 cm³/mol. The van der Waals surface area contributed by atoms with E-state index in [0.717, 1.165) is 0 Å². The number of carboxylic acid groups (broad SMARTS) is 2. The van der Waals surface area contributed by atoms with Crippen molar-refractivity contribution in [3.05, 3.63) is 111 Å². The molecule has 4 aromatic rings. The minimum Gasteiger partial charge on any atom is -0.477 e. The van der Waals surface area contributed by atoms with Crippen LogP contribution in [0.3, 0.4) is 0 Å². The second kappa shape index (κ2) is 13.2. The maximum absolute atomic E-state index is 13.2. The summed E-state index contributed by atoms with van der Waals surface area (Å²) in [4.78, 5) is 46.2. The molecule has 0 atom stereocenters. The first-order valence-electron chi connectivity index (χ1n) is 12.5. The summed E-state index contributed by atoms with van der Waals surface area (Å²) >= 11 is 25.2. The topological polar surface area (TPSA) is 170 Å². The van der Waals surface area contributed by atoms with Crippen molar-refractivity contribution < 1.29 is 60.7 Å². The van der Waals surface area contributed by atoms with Gasteiger partial charge in [-0.1, -0.05) is 70.7 Å². The van der Waals surface area contributed by atoms with Gasteiger partial charge in [0.25, 0.3) is 11.4 Å². The van der Waals surface area contributed by atoms with Crippen LogP contribution in [0.2, 0.25) is 20.1 Å². The molecule has 0 bridgehead atoms. The highest BCUT2D eigenvalue weighted by Gasteiger charge is 2.40. The molecule has 0 aliphatic heterocycles. The first-order valence-corrected chi connectivity index (χ1v) is 14.0. The standard InChI is InChI=1S/C28H10Cl4F6N2O9/c29-17-13(9-1-5-11(6-2-9)27(33,34)35)21(39(45)46)15(25(41)42)19(31)23(17)49-24-18(30)14(10-3-7-12(8-4-10)28(36,37)38)22(40(47)48)16(20(24)32)26(43)44/h1-8H,(H,41,42)(H,43,44). The number of nitro benzene ring substituents is 2. The van der Waals surface area contributed by atoms with E-state index in [0.29, 0.717) is 48.5 Å². The summed E-state index contributed by atoms with van der Waals surface area (Å²) in [5, 5.41) is 39.8. The number of halogens is 10. The lowest BCUT2D eigenvalue weighted by molar-refractivity contribution is -0.384. The lowest BCUT2D eigenvalue weighted by Crippen LogP contribution is -2.10. The third-order valence-corrected chi connectivity index (χ3v) is 8.06. The SMILES string of the molecule is O=C(O)c1c(Cl)c(Oc2c(Cl)c(C(=O)O)c([N+](=O)[O-])c(-c3ccc(C(F)(F)F)cc3)c2Cl)c(Cl)c(-c2ccc(C(F)(F)F)cc2)c1[N+](=O)[O-]. The fourth-order valence-electron chi connectivity index (χ4n) is 4.53. The van der Waals surface area contributed by atoms with Gasteiger partial charge in [-0.3, -0.25) is 20.2 Å². The zero-order valence-corrected chi connectivity index (χ0v) is 26.1. The van der Waals surface area contributed by atoms with E-state index >= 15 is 0 Å². The summed E-state index contributed by atoms with van der Waals surface area (Å²) < 4.78 is 84.8. The second-order valence-corrected chi connectivity index (χ2v) is 11.0. The molecule has 0 heterocycles. The van der Waals surface area contributed by atoms with Crippen LogP contribution >= 0.6 is 46.4 Å². The number of ether oxygens (including phenoxy) is 1. The number of aromatic carboxylic acids is 2. The Morgan fingerprint density at radius 2 is 0.878 bits per heavy atom. The molecule has 0 unspecified atom stereocenters. The van der Waals surface area contributed by atoms with E-state index in [1.54, 1.807) is 0 Å². The normalized spacial score (nSPS) is 11.7. The van der Waals surface area contributed by atoms with Crippen LogP contribution in [0.1, 0.15) is 31.8 Å². The predicted octanol–water partition coefficient (Wildman–Crippen LogP) is 10.7. The Balaban J connectivity index is 2.11. The molecule has 0 saturated heterocycles. The Bertz CT molecular complexity index is 1930. The fraction of sp³-hybridized carbons (Fsp3) is 0.0714. The maximum atomic E-state index is 13.2. The van der Waals surface area contributed by atoms with E-state index in [2.05, 4.69) is 0 Å². The summed E-state index contributed by atoms with van der Waals surface area (Å²) in [5.74, 6) is -6.25. The molecule has 0 spiro atoms. The van der Waals surface area contributed by atoms with Crippen LogP contribution in [-0.4, -0.2) is 32.0 Å². The molecule has 4 rings (SSSR count). The van der Waals surface area contributed by atoms with Gasteiger partial charge in [-0.2, -0.15) is 26.3 Å². The number of hydrogen-bond donors (Lipinski definition) is 2. The molecule has 11 nitrogen and oxygen atoms in total. The average Bonchev–Trinajstić information content (AvgIpc) is 2.98. The van der Waals surface area contributed by atoms with Crippen molar-refractivity contribution in [1.82, 2.24) is 0 Å². The molecule has 4 aromatic carbocycles. The largest absolute Gasteiger partial charge is 0.477 e. The zero-order valence-electron chi connectivity index (χ0n) is 23.0. The van der Waals surface area contributed by atoms with Crippen molar-refractivity contribution in [1.29, 1.82) is 0 Å². The number of rotatable bonds is 8. The molecule has 256 valence electrons. The van der Waals surface area contributed by atoms with Gasteiger partial charge in [-0.05, 0) is 35.4 Å². The lowest BCUT2D eigenvalue weighted by Gasteiger charge is -2.20. The highest BCUT2D eigenvalue weighted by Crippen LogP contribution is 2.55. The van der Waals surface area contributed by atoms with Crippen LogP contribution in [0.15, 0.2) is 48.5 Å². The Morgan fingerprint density at radius 3 is 1.10 bits per heavy atom. The molecule has 0 saturated carbocycles. The molecule has 0 aliphatic carbocycles. The minimum atomic E-state index is -4.86. The van der Waals surface area contributed by atoms with Crippen molar-refractivity contribution in [2.75, 3.05) is 0 Å². The van der Waals surface area contributed by atoms with Crippen molar-refractivity contribution in [3.63, 3.8) is 0 Å². The maximum Gasteiger partial charge on any atom is 0.416 e. The fourth-order valence-corrected chi connectivity index (χ4v) is 5.89. The van der Waals surface area contributed by atoms with Crippen molar-refractivity contribution in [3.8, 4) is 33.8 Å². The Morgan fingerprint density at radius 1 is 0.592 bits per heavy atom. The molecular formula is C28H10Cl4F6N2O9. The minimum absolute atomic E-state index is 0.466. The summed E-state index contributed by atoms with van der Waals surface area (Å²) in [6.45, 7) is 0. The van der Waals surface area contributed by atoms with Crippen molar-refractivity contribution in [2.24, 2.45) is 0 Å². The van der Waals surface area contributed by atoms with Crippen molar-refractivity contribution >= 4 is 69.7 Å². The van der Waals surface area contributed by atoms with E-state index in [-0.39, 0.29) is 0 Å². The molecule has 0 aliphatic rings. The van der Waals surface area contributed by atoms with Gasteiger partial charge in [0, 0.05) is 0 Å². The zero-order chi connectivity index (χ0) is 36.9. The van der Waals surface area contributed by atoms with E-state index < -0.39 is 122 Å². The van der Waals surface area contributed by atoms with Gasteiger partial charge in [0.15, 0.2) is 22.6 Å². The number of alkyl halides is 6. The van der Waals surface area contributed by atoms with Gasteiger partial charge < -0.3 is 14.9 Å². The Kier molecular flexibility index (Phi) is 9.98. The summed E-state index contributed by atoms with van der Waals surface area (Å²) in [6, 6.07) is 4.79. The number of carbonyl (C=O) groups is 2. The van der Waals surface area contributed by atoms with Gasteiger partial charge >= 0.3 is 24.3 Å². The number of nitro groups is 2. The smallest absolute Gasteiger partial charge is 0.416 e. The monoisotopic (exact) mass is 772 g/mol. The first-order chi connectivity index (χ1) is 22.6. The number of carboxylic acids is 2. The third kappa shape index (κ3) is 6.87. The van der Waals surface area contributed by atoms with Crippen LogP contribution < -0.4 is 4.74 Å². The van der Waals surface area contributed by atoms with Gasteiger partial charge in [-0.15, -0.1) is 0 Å². The van der Waals surface area contributed by atoms with Gasteiger partial charge in [0.05, 0.1) is 42.1 Å². The first kappa shape index (κ1) is 37.0. The molecule has 21 heteroatoms. The highest BCUT2D eigenvalue weighted by molar-refractivity contribution is 6.43. The molecule has 0 fully saturated rings. The summed E-state index contributed by atoms with van der Waals surface area (Å²) in [7, 11) is 0. The van der Waals surface area contributed by atoms with E-state index in [4.69, 9.17) is 51.1 Å².